The molecule has 1 fully saturated rings. The predicted octanol–water partition coefficient (Wildman–Crippen LogP) is 2.43. The molecule has 0 aliphatic carbocycles. The Morgan fingerprint density at radius 2 is 2.24 bits per heavy atom. The van der Waals surface area contributed by atoms with E-state index in [4.69, 9.17) is 10.5 Å². The van der Waals surface area contributed by atoms with E-state index in [0.717, 1.165) is 22.2 Å². The number of carbonyl (C=O) groups excluding carboxylic acids is 1. The second-order valence-electron chi connectivity index (χ2n) is 5.08. The molecule has 1 saturated heterocycles. The smallest absolute Gasteiger partial charge is 0.239 e. The minimum Gasteiger partial charge on any atom is -0.370 e. The van der Waals surface area contributed by atoms with E-state index in [0.29, 0.717) is 19.7 Å². The third-order valence-electron chi connectivity index (χ3n) is 3.57. The first-order valence-corrected chi connectivity index (χ1v) is 9.21. The number of halogens is 1. The van der Waals surface area contributed by atoms with Gasteiger partial charge in [-0.2, -0.15) is 11.8 Å². The van der Waals surface area contributed by atoms with Crippen LogP contribution in [0.3, 0.4) is 0 Å². The maximum atomic E-state index is 12.4. The number of amides is 1. The molecule has 1 unspecified atom stereocenters. The summed E-state index contributed by atoms with van der Waals surface area (Å²) in [6.07, 6.45) is 2.68. The van der Waals surface area contributed by atoms with Crippen LogP contribution in [-0.2, 0) is 9.53 Å². The zero-order valence-corrected chi connectivity index (χ0v) is 14.5. The number of hydrogen-bond donors (Lipinski definition) is 1. The Morgan fingerprint density at radius 1 is 1.52 bits per heavy atom. The van der Waals surface area contributed by atoms with Crippen LogP contribution in [0.1, 0.15) is 18.1 Å². The van der Waals surface area contributed by atoms with Gasteiger partial charge in [0.1, 0.15) is 6.10 Å². The lowest BCUT2D eigenvalue weighted by Gasteiger charge is -2.34. The zero-order valence-electron chi connectivity index (χ0n) is 12.1. The Hall–Kier alpha value is -0.560. The topological polar surface area (TPSA) is 55.6 Å². The van der Waals surface area contributed by atoms with Crippen LogP contribution in [0.4, 0.5) is 0 Å². The van der Waals surface area contributed by atoms with Crippen molar-refractivity contribution in [3.8, 4) is 0 Å². The maximum Gasteiger partial charge on any atom is 0.239 e. The van der Waals surface area contributed by atoms with Crippen LogP contribution >= 0.6 is 27.7 Å². The van der Waals surface area contributed by atoms with Gasteiger partial charge in [-0.15, -0.1) is 0 Å². The van der Waals surface area contributed by atoms with Crippen molar-refractivity contribution in [1.82, 2.24) is 4.90 Å². The summed E-state index contributed by atoms with van der Waals surface area (Å²) >= 11 is 5.14. The summed E-state index contributed by atoms with van der Waals surface area (Å²) < 4.78 is 6.83. The van der Waals surface area contributed by atoms with Crippen LogP contribution in [0.5, 0.6) is 0 Å². The lowest BCUT2D eigenvalue weighted by molar-refractivity contribution is -0.140. The van der Waals surface area contributed by atoms with Crippen molar-refractivity contribution in [1.29, 1.82) is 0 Å². The lowest BCUT2D eigenvalue weighted by Crippen LogP contribution is -2.49. The fraction of sp³-hybridized carbons (Fsp3) is 0.533. The molecule has 6 heteroatoms. The average Bonchev–Trinajstić information content (AvgIpc) is 2.52. The molecular formula is C15H21BrN2O2S. The number of nitrogens with zero attached hydrogens (tertiary/aromatic N) is 1. The number of thioether (sulfide) groups is 1. The van der Waals surface area contributed by atoms with Crippen molar-refractivity contribution in [3.05, 3.63) is 34.3 Å². The molecule has 1 aromatic rings. The molecule has 0 bridgehead atoms. The Bertz CT molecular complexity index is 469. The molecule has 2 rings (SSSR count). The van der Waals surface area contributed by atoms with E-state index in [-0.39, 0.29) is 12.0 Å². The first-order valence-electron chi connectivity index (χ1n) is 7.02. The molecule has 1 amide bonds. The van der Waals surface area contributed by atoms with Gasteiger partial charge in [0.15, 0.2) is 0 Å². The molecule has 2 atom stereocenters. The van der Waals surface area contributed by atoms with Gasteiger partial charge >= 0.3 is 0 Å². The van der Waals surface area contributed by atoms with Crippen LogP contribution in [0, 0.1) is 0 Å². The highest BCUT2D eigenvalue weighted by Crippen LogP contribution is 2.24. The Labute approximate surface area is 138 Å². The summed E-state index contributed by atoms with van der Waals surface area (Å²) in [5.41, 5.74) is 7.08. The maximum absolute atomic E-state index is 12.4. The minimum absolute atomic E-state index is 0.0365. The average molecular weight is 373 g/mol. The fourth-order valence-electron chi connectivity index (χ4n) is 2.33. The highest BCUT2D eigenvalue weighted by Gasteiger charge is 2.28. The summed E-state index contributed by atoms with van der Waals surface area (Å²) in [7, 11) is 0. The standard InChI is InChI=1S/C15H21BrN2O2S/c1-21-9-6-13(17)15(19)18-7-8-20-14(10-18)11-2-4-12(16)5-3-11/h2-5,13-14H,6-10,17H2,1H3/t13-,14?/m0/s1. The summed E-state index contributed by atoms with van der Waals surface area (Å²) in [6, 6.07) is 7.63. The number of morpholine rings is 1. The molecule has 1 aromatic carbocycles. The van der Waals surface area contributed by atoms with Crippen LogP contribution in [0.15, 0.2) is 28.7 Å². The molecule has 0 saturated carbocycles. The molecule has 21 heavy (non-hydrogen) atoms. The molecule has 1 aliphatic heterocycles. The summed E-state index contributed by atoms with van der Waals surface area (Å²) in [6.45, 7) is 1.76. The van der Waals surface area contributed by atoms with Gasteiger partial charge < -0.3 is 15.4 Å². The Balaban J connectivity index is 1.97. The largest absolute Gasteiger partial charge is 0.370 e. The lowest BCUT2D eigenvalue weighted by atomic mass is 10.1. The quantitative estimate of drug-likeness (QED) is 0.862. The number of carbonyl (C=O) groups is 1. The van der Waals surface area contributed by atoms with Crippen molar-refractivity contribution in [3.63, 3.8) is 0 Å². The number of benzene rings is 1. The highest BCUT2D eigenvalue weighted by atomic mass is 79.9. The van der Waals surface area contributed by atoms with Gasteiger partial charge in [0.2, 0.25) is 5.91 Å². The summed E-state index contributed by atoms with van der Waals surface area (Å²) in [5, 5.41) is 0. The first kappa shape index (κ1) is 16.8. The van der Waals surface area contributed by atoms with E-state index < -0.39 is 6.04 Å². The Morgan fingerprint density at radius 3 is 2.90 bits per heavy atom. The van der Waals surface area contributed by atoms with Gasteiger partial charge in [-0.3, -0.25) is 4.79 Å². The number of nitrogens with two attached hydrogens (primary N) is 1. The molecule has 1 heterocycles. The van der Waals surface area contributed by atoms with Crippen LogP contribution < -0.4 is 5.73 Å². The molecule has 0 spiro atoms. The van der Waals surface area contributed by atoms with Crippen molar-refractivity contribution in [2.45, 2.75) is 18.6 Å². The molecule has 1 aliphatic rings. The zero-order chi connectivity index (χ0) is 15.2. The van der Waals surface area contributed by atoms with Crippen molar-refractivity contribution in [2.24, 2.45) is 5.73 Å². The van der Waals surface area contributed by atoms with E-state index >= 15 is 0 Å². The number of hydrogen-bond acceptors (Lipinski definition) is 4. The molecular weight excluding hydrogens is 352 g/mol. The van der Waals surface area contributed by atoms with E-state index in [1.54, 1.807) is 11.8 Å². The van der Waals surface area contributed by atoms with Gasteiger partial charge in [0, 0.05) is 11.0 Å². The van der Waals surface area contributed by atoms with E-state index in [1.165, 1.54) is 0 Å². The van der Waals surface area contributed by atoms with Crippen molar-refractivity contribution >= 4 is 33.6 Å². The third kappa shape index (κ3) is 4.71. The van der Waals surface area contributed by atoms with Gasteiger partial charge in [-0.1, -0.05) is 28.1 Å². The minimum atomic E-state index is -0.402. The van der Waals surface area contributed by atoms with E-state index in [2.05, 4.69) is 15.9 Å². The third-order valence-corrected chi connectivity index (χ3v) is 4.74. The van der Waals surface area contributed by atoms with Crippen molar-refractivity contribution in [2.75, 3.05) is 31.7 Å². The highest BCUT2D eigenvalue weighted by molar-refractivity contribution is 9.10. The molecule has 2 N–H and O–H groups in total. The second kappa shape index (κ2) is 8.17. The monoisotopic (exact) mass is 372 g/mol. The number of ether oxygens (including phenoxy) is 1. The SMILES string of the molecule is CSCC[C@H](N)C(=O)N1CCOC(c2ccc(Br)cc2)C1. The van der Waals surface area contributed by atoms with Crippen LogP contribution in [0.2, 0.25) is 0 Å². The Kier molecular flexibility index (Phi) is 6.54. The summed E-state index contributed by atoms with van der Waals surface area (Å²) in [5.74, 6) is 0.947. The molecule has 0 aromatic heterocycles. The first-order chi connectivity index (χ1) is 10.1. The molecule has 116 valence electrons. The van der Waals surface area contributed by atoms with Gasteiger partial charge in [0.05, 0.1) is 19.2 Å². The van der Waals surface area contributed by atoms with Crippen LogP contribution in [-0.4, -0.2) is 48.6 Å². The number of rotatable bonds is 5. The normalized spacial score (nSPS) is 20.3. The summed E-state index contributed by atoms with van der Waals surface area (Å²) in [4.78, 5) is 14.2. The van der Waals surface area contributed by atoms with Crippen LogP contribution in [0.25, 0.3) is 0 Å². The van der Waals surface area contributed by atoms with Gasteiger partial charge in [-0.25, -0.2) is 0 Å². The van der Waals surface area contributed by atoms with Crippen molar-refractivity contribution < 1.29 is 9.53 Å². The molecule has 4 nitrogen and oxygen atoms in total. The van der Waals surface area contributed by atoms with Gasteiger partial charge in [0.25, 0.3) is 0 Å². The fourth-order valence-corrected chi connectivity index (χ4v) is 3.09. The second-order valence-corrected chi connectivity index (χ2v) is 6.98. The van der Waals surface area contributed by atoms with Gasteiger partial charge in [-0.05, 0) is 36.1 Å². The van der Waals surface area contributed by atoms with E-state index in [1.807, 2.05) is 35.4 Å². The molecule has 0 radical (unpaired) electrons. The predicted molar refractivity (Wildman–Crippen MR) is 90.4 cm³/mol. The van der Waals surface area contributed by atoms with E-state index in [9.17, 15) is 4.79 Å².